The lowest BCUT2D eigenvalue weighted by Gasteiger charge is -2.39. The van der Waals surface area contributed by atoms with E-state index in [0.29, 0.717) is 5.41 Å². The highest BCUT2D eigenvalue weighted by molar-refractivity contribution is 5.95. The number of hydrogen-bond acceptors (Lipinski definition) is 2. The van der Waals surface area contributed by atoms with Crippen LogP contribution >= 0.6 is 0 Å². The fraction of sp³-hybridized carbons (Fsp3) is 0.400. The zero-order valence-corrected chi connectivity index (χ0v) is 14.8. The van der Waals surface area contributed by atoms with Gasteiger partial charge in [0.1, 0.15) is 5.65 Å². The standard InChI is InChI=1S/C20H24N4/c1-19(2)6-14(7-20(3,4)12-19)13-5-16-17(15-9-23-24-10-15)11-22-18(16)21-8-13/h5-6,8-11H,7,12H2,1-4H3,(H,21,22)(H,23,24). The highest BCUT2D eigenvalue weighted by atomic mass is 15.1. The molecule has 4 nitrogen and oxygen atoms in total. The molecule has 0 bridgehead atoms. The van der Waals surface area contributed by atoms with Crippen molar-refractivity contribution in [2.45, 2.75) is 40.5 Å². The summed E-state index contributed by atoms with van der Waals surface area (Å²) in [5, 5.41) is 8.10. The molecule has 2 N–H and O–H groups in total. The summed E-state index contributed by atoms with van der Waals surface area (Å²) >= 11 is 0. The highest BCUT2D eigenvalue weighted by Crippen LogP contribution is 2.47. The van der Waals surface area contributed by atoms with E-state index in [1.807, 2.05) is 24.8 Å². The van der Waals surface area contributed by atoms with Crippen LogP contribution in [-0.4, -0.2) is 20.2 Å². The first kappa shape index (κ1) is 15.2. The maximum atomic E-state index is 4.66. The lowest BCUT2D eigenvalue weighted by molar-refractivity contribution is 0.229. The normalized spacial score (nSPS) is 19.4. The third kappa shape index (κ3) is 2.66. The largest absolute Gasteiger partial charge is 0.346 e. The summed E-state index contributed by atoms with van der Waals surface area (Å²) in [6, 6.07) is 2.27. The Hall–Kier alpha value is -2.36. The molecule has 0 saturated carbocycles. The van der Waals surface area contributed by atoms with E-state index in [1.165, 1.54) is 17.6 Å². The van der Waals surface area contributed by atoms with Crippen LogP contribution in [0.5, 0.6) is 0 Å². The monoisotopic (exact) mass is 320 g/mol. The molecular weight excluding hydrogens is 296 g/mol. The maximum Gasteiger partial charge on any atom is 0.137 e. The number of allylic oxidation sites excluding steroid dienone is 2. The summed E-state index contributed by atoms with van der Waals surface area (Å²) in [7, 11) is 0. The quantitative estimate of drug-likeness (QED) is 0.683. The van der Waals surface area contributed by atoms with E-state index < -0.39 is 0 Å². The van der Waals surface area contributed by atoms with Crippen molar-refractivity contribution >= 4 is 16.6 Å². The van der Waals surface area contributed by atoms with E-state index in [4.69, 9.17) is 0 Å². The van der Waals surface area contributed by atoms with Crippen LogP contribution in [-0.2, 0) is 0 Å². The maximum absolute atomic E-state index is 4.66. The van der Waals surface area contributed by atoms with E-state index in [1.54, 1.807) is 0 Å². The first-order valence-electron chi connectivity index (χ1n) is 8.51. The van der Waals surface area contributed by atoms with Crippen LogP contribution in [0, 0.1) is 10.8 Å². The smallest absolute Gasteiger partial charge is 0.137 e. The second-order valence-electron chi connectivity index (χ2n) is 8.49. The third-order valence-corrected chi connectivity index (χ3v) is 4.88. The highest BCUT2D eigenvalue weighted by Gasteiger charge is 2.33. The number of hydrogen-bond donors (Lipinski definition) is 2. The fourth-order valence-electron chi connectivity index (χ4n) is 4.39. The van der Waals surface area contributed by atoms with Gasteiger partial charge in [-0.05, 0) is 40.9 Å². The van der Waals surface area contributed by atoms with Crippen molar-refractivity contribution in [1.29, 1.82) is 0 Å². The summed E-state index contributed by atoms with van der Waals surface area (Å²) in [6.07, 6.45) is 12.5. The molecule has 4 rings (SSSR count). The second-order valence-corrected chi connectivity index (χ2v) is 8.49. The molecule has 0 radical (unpaired) electrons. The molecular formula is C20H24N4. The Kier molecular flexibility index (Phi) is 3.21. The van der Waals surface area contributed by atoms with Gasteiger partial charge in [-0.1, -0.05) is 33.8 Å². The van der Waals surface area contributed by atoms with Crippen molar-refractivity contribution in [3.8, 4) is 11.1 Å². The fourth-order valence-corrected chi connectivity index (χ4v) is 4.39. The number of rotatable bonds is 2. The predicted octanol–water partition coefficient (Wildman–Crippen LogP) is 5.18. The molecule has 24 heavy (non-hydrogen) atoms. The Bertz CT molecular complexity index is 910. The number of fused-ring (bicyclic) bond motifs is 1. The Morgan fingerprint density at radius 2 is 1.88 bits per heavy atom. The van der Waals surface area contributed by atoms with Crippen LogP contribution in [0.1, 0.15) is 46.1 Å². The first-order valence-corrected chi connectivity index (χ1v) is 8.51. The van der Waals surface area contributed by atoms with Crippen molar-refractivity contribution in [3.63, 3.8) is 0 Å². The molecule has 0 amide bonds. The molecule has 3 heterocycles. The molecule has 0 saturated heterocycles. The van der Waals surface area contributed by atoms with Gasteiger partial charge in [0.05, 0.1) is 6.20 Å². The van der Waals surface area contributed by atoms with Crippen LogP contribution in [0.25, 0.3) is 27.7 Å². The summed E-state index contributed by atoms with van der Waals surface area (Å²) in [5.74, 6) is 0. The number of aromatic nitrogens is 4. The van der Waals surface area contributed by atoms with E-state index in [9.17, 15) is 0 Å². The SMILES string of the molecule is CC1(C)C=C(c2cnc3[nH]cc(-c4cn[nH]c4)c3c2)CC(C)(C)C1. The van der Waals surface area contributed by atoms with Gasteiger partial charge < -0.3 is 4.98 Å². The summed E-state index contributed by atoms with van der Waals surface area (Å²) in [4.78, 5) is 7.92. The van der Waals surface area contributed by atoms with Crippen molar-refractivity contribution in [2.75, 3.05) is 0 Å². The molecule has 1 aliphatic carbocycles. The number of nitrogens with one attached hydrogen (secondary N) is 2. The number of nitrogens with zero attached hydrogens (tertiary/aromatic N) is 2. The van der Waals surface area contributed by atoms with Gasteiger partial charge in [-0.3, -0.25) is 5.10 Å². The summed E-state index contributed by atoms with van der Waals surface area (Å²) in [6.45, 7) is 9.38. The number of aromatic amines is 2. The van der Waals surface area contributed by atoms with Crippen LogP contribution in [0.3, 0.4) is 0 Å². The molecule has 0 aliphatic heterocycles. The zero-order chi connectivity index (χ0) is 16.9. The molecule has 1 aliphatic rings. The van der Waals surface area contributed by atoms with Gasteiger partial charge in [-0.25, -0.2) is 4.98 Å². The van der Waals surface area contributed by atoms with Gasteiger partial charge in [0, 0.05) is 35.1 Å². The molecule has 3 aromatic rings. The van der Waals surface area contributed by atoms with Crippen molar-refractivity contribution in [1.82, 2.24) is 20.2 Å². The molecule has 0 atom stereocenters. The van der Waals surface area contributed by atoms with Crippen LogP contribution in [0.15, 0.2) is 36.9 Å². The summed E-state index contributed by atoms with van der Waals surface area (Å²) < 4.78 is 0. The molecule has 0 fully saturated rings. The molecule has 124 valence electrons. The summed E-state index contributed by atoms with van der Waals surface area (Å²) in [5.41, 5.74) is 6.31. The minimum absolute atomic E-state index is 0.220. The minimum Gasteiger partial charge on any atom is -0.346 e. The van der Waals surface area contributed by atoms with Gasteiger partial charge in [0.25, 0.3) is 0 Å². The van der Waals surface area contributed by atoms with Gasteiger partial charge >= 0.3 is 0 Å². The topological polar surface area (TPSA) is 57.4 Å². The Morgan fingerprint density at radius 3 is 2.58 bits per heavy atom. The lowest BCUT2D eigenvalue weighted by Crippen LogP contribution is -2.26. The van der Waals surface area contributed by atoms with Crippen molar-refractivity contribution < 1.29 is 0 Å². The Balaban J connectivity index is 1.83. The average molecular weight is 320 g/mol. The molecule has 0 unspecified atom stereocenters. The van der Waals surface area contributed by atoms with Crippen LogP contribution in [0.4, 0.5) is 0 Å². The molecule has 0 aromatic carbocycles. The van der Waals surface area contributed by atoms with E-state index >= 15 is 0 Å². The average Bonchev–Trinajstić information content (AvgIpc) is 3.12. The van der Waals surface area contributed by atoms with Crippen LogP contribution in [0.2, 0.25) is 0 Å². The van der Waals surface area contributed by atoms with E-state index in [0.717, 1.165) is 28.6 Å². The number of H-pyrrole nitrogens is 2. The minimum atomic E-state index is 0.220. The Morgan fingerprint density at radius 1 is 1.04 bits per heavy atom. The molecule has 3 aromatic heterocycles. The van der Waals surface area contributed by atoms with Gasteiger partial charge in [0.15, 0.2) is 0 Å². The second kappa shape index (κ2) is 5.07. The first-order chi connectivity index (χ1) is 11.3. The van der Waals surface area contributed by atoms with Crippen LogP contribution < -0.4 is 0 Å². The third-order valence-electron chi connectivity index (χ3n) is 4.88. The van der Waals surface area contributed by atoms with Crippen molar-refractivity contribution in [3.05, 3.63) is 42.5 Å². The van der Waals surface area contributed by atoms with Gasteiger partial charge in [0.2, 0.25) is 0 Å². The van der Waals surface area contributed by atoms with E-state index in [-0.39, 0.29) is 5.41 Å². The lowest BCUT2D eigenvalue weighted by atomic mass is 9.66. The van der Waals surface area contributed by atoms with Crippen molar-refractivity contribution in [2.24, 2.45) is 10.8 Å². The van der Waals surface area contributed by atoms with Gasteiger partial charge in [-0.15, -0.1) is 0 Å². The predicted molar refractivity (Wildman–Crippen MR) is 98.4 cm³/mol. The number of pyridine rings is 1. The van der Waals surface area contributed by atoms with Gasteiger partial charge in [-0.2, -0.15) is 5.10 Å². The molecule has 0 spiro atoms. The van der Waals surface area contributed by atoms with E-state index in [2.05, 4.69) is 60.0 Å². The Labute approximate surface area is 142 Å². The molecule has 4 heteroatoms. The zero-order valence-electron chi connectivity index (χ0n) is 14.8.